The molecular weight excluding hydrogens is 222 g/mol. The van der Waals surface area contributed by atoms with Crippen molar-refractivity contribution >= 4 is 5.91 Å². The van der Waals surface area contributed by atoms with Crippen molar-refractivity contribution in [2.45, 2.75) is 58.4 Å². The molecule has 1 aromatic carbocycles. The van der Waals surface area contributed by atoms with E-state index in [9.17, 15) is 4.79 Å². The molecule has 0 spiro atoms. The molecule has 18 heavy (non-hydrogen) atoms. The summed E-state index contributed by atoms with van der Waals surface area (Å²) in [4.78, 5) is 11.2. The van der Waals surface area contributed by atoms with Gasteiger partial charge in [-0.05, 0) is 44.6 Å². The molecule has 1 aromatic rings. The molecule has 0 unspecified atom stereocenters. The Balaban J connectivity index is 2.10. The molecule has 2 atom stereocenters. The van der Waals surface area contributed by atoms with Crippen LogP contribution in [0.25, 0.3) is 0 Å². The van der Waals surface area contributed by atoms with Crippen molar-refractivity contribution in [2.75, 3.05) is 0 Å². The lowest BCUT2D eigenvalue weighted by Crippen LogP contribution is -2.36. The van der Waals surface area contributed by atoms with Gasteiger partial charge < -0.3 is 5.32 Å². The zero-order chi connectivity index (χ0) is 13.1. The molecule has 0 saturated heterocycles. The Morgan fingerprint density at radius 3 is 2.44 bits per heavy atom. The number of carbonyl (C=O) groups is 1. The highest BCUT2D eigenvalue weighted by molar-refractivity contribution is 5.73. The number of hydrogen-bond donors (Lipinski definition) is 1. The van der Waals surface area contributed by atoms with E-state index in [0.29, 0.717) is 12.0 Å². The Morgan fingerprint density at radius 2 is 1.83 bits per heavy atom. The van der Waals surface area contributed by atoms with Crippen LogP contribution in [0.3, 0.4) is 0 Å². The van der Waals surface area contributed by atoms with Crippen molar-refractivity contribution in [3.63, 3.8) is 0 Å². The quantitative estimate of drug-likeness (QED) is 0.849. The summed E-state index contributed by atoms with van der Waals surface area (Å²) in [5.74, 6) is 0.704. The zero-order valence-corrected chi connectivity index (χ0v) is 11.6. The summed E-state index contributed by atoms with van der Waals surface area (Å²) in [6.45, 7) is 5.93. The molecule has 0 aromatic heterocycles. The maximum Gasteiger partial charge on any atom is 0.217 e. The van der Waals surface area contributed by atoms with Crippen LogP contribution in [0.2, 0.25) is 0 Å². The summed E-state index contributed by atoms with van der Waals surface area (Å²) in [6, 6.07) is 7.18. The van der Waals surface area contributed by atoms with E-state index in [0.717, 1.165) is 12.8 Å². The van der Waals surface area contributed by atoms with Gasteiger partial charge in [-0.3, -0.25) is 4.79 Å². The van der Waals surface area contributed by atoms with Gasteiger partial charge >= 0.3 is 0 Å². The minimum atomic E-state index is 0.0982. The number of hydrogen-bond acceptors (Lipinski definition) is 1. The summed E-state index contributed by atoms with van der Waals surface area (Å²) in [7, 11) is 0. The maximum absolute atomic E-state index is 11.2. The molecule has 1 aliphatic carbocycles. The molecular formula is C16H23NO. The molecule has 1 amide bonds. The molecule has 1 aliphatic rings. The monoisotopic (exact) mass is 245 g/mol. The van der Waals surface area contributed by atoms with E-state index in [1.54, 1.807) is 6.92 Å². The van der Waals surface area contributed by atoms with Gasteiger partial charge in [0.25, 0.3) is 0 Å². The van der Waals surface area contributed by atoms with Crippen molar-refractivity contribution < 1.29 is 4.79 Å². The van der Waals surface area contributed by atoms with Gasteiger partial charge in [0.2, 0.25) is 5.91 Å². The van der Waals surface area contributed by atoms with Crippen LogP contribution in [0.5, 0.6) is 0 Å². The SMILES string of the molecule is CC(=O)N[C@H]1CCC[C@@H](c2cc(C)cc(C)c2)C1. The number of nitrogens with one attached hydrogen (secondary N) is 1. The van der Waals surface area contributed by atoms with Crippen LogP contribution in [-0.2, 0) is 4.79 Å². The summed E-state index contributed by atoms with van der Waals surface area (Å²) < 4.78 is 0. The largest absolute Gasteiger partial charge is 0.354 e. The number of benzene rings is 1. The second kappa shape index (κ2) is 5.55. The second-order valence-electron chi connectivity index (χ2n) is 5.68. The molecule has 0 aliphatic heterocycles. The van der Waals surface area contributed by atoms with Gasteiger partial charge in [0.1, 0.15) is 0 Å². The third kappa shape index (κ3) is 3.34. The van der Waals surface area contributed by atoms with Gasteiger partial charge in [-0.15, -0.1) is 0 Å². The lowest BCUT2D eigenvalue weighted by atomic mass is 9.80. The molecule has 98 valence electrons. The summed E-state index contributed by atoms with van der Waals surface area (Å²) in [6.07, 6.45) is 4.67. The molecule has 2 rings (SSSR count). The fourth-order valence-electron chi connectivity index (χ4n) is 3.16. The summed E-state index contributed by atoms with van der Waals surface area (Å²) >= 11 is 0. The maximum atomic E-state index is 11.2. The van der Waals surface area contributed by atoms with Gasteiger partial charge in [-0.1, -0.05) is 35.7 Å². The fraction of sp³-hybridized carbons (Fsp3) is 0.562. The number of aryl methyl sites for hydroxylation is 2. The van der Waals surface area contributed by atoms with Crippen LogP contribution in [0.1, 0.15) is 55.2 Å². The van der Waals surface area contributed by atoms with Crippen LogP contribution in [0.4, 0.5) is 0 Å². The first kappa shape index (κ1) is 13.1. The van der Waals surface area contributed by atoms with Crippen molar-refractivity contribution in [1.82, 2.24) is 5.32 Å². The van der Waals surface area contributed by atoms with Crippen LogP contribution in [0.15, 0.2) is 18.2 Å². The summed E-state index contributed by atoms with van der Waals surface area (Å²) in [5, 5.41) is 3.07. The Morgan fingerprint density at radius 1 is 1.17 bits per heavy atom. The first-order valence-corrected chi connectivity index (χ1v) is 6.90. The van der Waals surface area contributed by atoms with Crippen LogP contribution >= 0.6 is 0 Å². The van der Waals surface area contributed by atoms with Gasteiger partial charge in [0, 0.05) is 13.0 Å². The van der Waals surface area contributed by atoms with Crippen molar-refractivity contribution in [1.29, 1.82) is 0 Å². The molecule has 1 N–H and O–H groups in total. The molecule has 0 bridgehead atoms. The highest BCUT2D eigenvalue weighted by Gasteiger charge is 2.23. The molecule has 0 radical (unpaired) electrons. The third-order valence-electron chi connectivity index (χ3n) is 3.80. The van der Waals surface area contributed by atoms with E-state index in [-0.39, 0.29) is 5.91 Å². The topological polar surface area (TPSA) is 29.1 Å². The van der Waals surface area contributed by atoms with Gasteiger partial charge in [-0.25, -0.2) is 0 Å². The van der Waals surface area contributed by atoms with Gasteiger partial charge in [0.05, 0.1) is 0 Å². The third-order valence-corrected chi connectivity index (χ3v) is 3.80. The normalized spacial score (nSPS) is 23.7. The van der Waals surface area contributed by atoms with E-state index in [4.69, 9.17) is 0 Å². The van der Waals surface area contributed by atoms with Crippen molar-refractivity contribution in [3.05, 3.63) is 34.9 Å². The standard InChI is InChI=1S/C16H23NO/c1-11-7-12(2)9-15(8-11)14-5-4-6-16(10-14)17-13(3)18/h7-9,14,16H,4-6,10H2,1-3H3,(H,17,18)/t14-,16+/m1/s1. The number of rotatable bonds is 2. The Bertz CT molecular complexity index is 418. The average Bonchev–Trinajstić information content (AvgIpc) is 2.27. The van der Waals surface area contributed by atoms with Crippen LogP contribution in [0, 0.1) is 13.8 Å². The van der Waals surface area contributed by atoms with Crippen LogP contribution < -0.4 is 5.32 Å². The Hall–Kier alpha value is -1.31. The van der Waals surface area contributed by atoms with E-state index in [2.05, 4.69) is 37.4 Å². The number of carbonyl (C=O) groups excluding carboxylic acids is 1. The average molecular weight is 245 g/mol. The molecule has 1 fully saturated rings. The highest BCUT2D eigenvalue weighted by atomic mass is 16.1. The van der Waals surface area contributed by atoms with Crippen molar-refractivity contribution in [2.24, 2.45) is 0 Å². The fourth-order valence-corrected chi connectivity index (χ4v) is 3.16. The molecule has 0 heterocycles. The van der Waals surface area contributed by atoms with Gasteiger partial charge in [-0.2, -0.15) is 0 Å². The number of amides is 1. The molecule has 2 heteroatoms. The van der Waals surface area contributed by atoms with Crippen LogP contribution in [-0.4, -0.2) is 11.9 Å². The first-order valence-electron chi connectivity index (χ1n) is 6.90. The Kier molecular flexibility index (Phi) is 4.05. The van der Waals surface area contributed by atoms with E-state index in [1.165, 1.54) is 29.5 Å². The van der Waals surface area contributed by atoms with Crippen molar-refractivity contribution in [3.8, 4) is 0 Å². The second-order valence-corrected chi connectivity index (χ2v) is 5.68. The Labute approximate surface area is 110 Å². The lowest BCUT2D eigenvalue weighted by molar-refractivity contribution is -0.119. The predicted octanol–water partition coefficient (Wildman–Crippen LogP) is 3.47. The lowest BCUT2D eigenvalue weighted by Gasteiger charge is -2.30. The smallest absolute Gasteiger partial charge is 0.217 e. The molecule has 2 nitrogen and oxygen atoms in total. The minimum absolute atomic E-state index is 0.0982. The zero-order valence-electron chi connectivity index (χ0n) is 11.6. The van der Waals surface area contributed by atoms with E-state index in [1.807, 2.05) is 0 Å². The summed E-state index contributed by atoms with van der Waals surface area (Å²) in [5.41, 5.74) is 4.13. The highest BCUT2D eigenvalue weighted by Crippen LogP contribution is 2.33. The minimum Gasteiger partial charge on any atom is -0.354 e. The first-order chi connectivity index (χ1) is 8.54. The van der Waals surface area contributed by atoms with E-state index >= 15 is 0 Å². The predicted molar refractivity (Wildman–Crippen MR) is 74.7 cm³/mol. The molecule has 1 saturated carbocycles. The van der Waals surface area contributed by atoms with E-state index < -0.39 is 0 Å². The van der Waals surface area contributed by atoms with Gasteiger partial charge in [0.15, 0.2) is 0 Å².